The maximum Gasteiger partial charge on any atom is 0.306 e. The highest BCUT2D eigenvalue weighted by molar-refractivity contribution is 7.86. The number of aryl methyl sites for hydroxylation is 1. The monoisotopic (exact) mass is 333 g/mol. The summed E-state index contributed by atoms with van der Waals surface area (Å²) in [5, 5.41) is 8.95. The second-order valence-electron chi connectivity index (χ2n) is 5.14. The molecule has 1 aliphatic rings. The molecule has 0 amide bonds. The molecule has 1 aromatic heterocycles. The lowest BCUT2D eigenvalue weighted by molar-refractivity contribution is -0.142. The van der Waals surface area contributed by atoms with Gasteiger partial charge in [-0.25, -0.2) is 4.98 Å². The molecule has 0 saturated carbocycles. The van der Waals surface area contributed by atoms with Gasteiger partial charge in [0.25, 0.3) is 10.2 Å². The number of nitrogens with zero attached hydrogens (tertiary/aromatic N) is 3. The molecule has 1 aromatic rings. The highest BCUT2D eigenvalue weighted by Gasteiger charge is 2.33. The van der Waals surface area contributed by atoms with E-state index in [1.807, 2.05) is 6.92 Å². The van der Waals surface area contributed by atoms with Crippen LogP contribution in [0.4, 0.5) is 0 Å². The van der Waals surface area contributed by atoms with Gasteiger partial charge in [0.1, 0.15) is 0 Å². The molecule has 9 heteroatoms. The van der Waals surface area contributed by atoms with Gasteiger partial charge in [-0.3, -0.25) is 4.79 Å². The molecule has 0 atom stereocenters. The molecule has 0 spiro atoms. The van der Waals surface area contributed by atoms with Crippen molar-refractivity contribution in [2.75, 3.05) is 20.1 Å². The molecule has 0 bridgehead atoms. The largest absolute Gasteiger partial charge is 0.481 e. The van der Waals surface area contributed by atoms with E-state index >= 15 is 0 Å². The highest BCUT2D eigenvalue weighted by Crippen LogP contribution is 2.23. The molecule has 118 valence electrons. The minimum Gasteiger partial charge on any atom is -0.481 e. The molecular formula is C12H19N3O4S2. The molecule has 0 aliphatic carbocycles. The maximum absolute atomic E-state index is 12.5. The van der Waals surface area contributed by atoms with Crippen molar-refractivity contribution < 1.29 is 18.3 Å². The van der Waals surface area contributed by atoms with Crippen LogP contribution in [0.25, 0.3) is 0 Å². The van der Waals surface area contributed by atoms with Crippen LogP contribution in [0.3, 0.4) is 0 Å². The zero-order chi connectivity index (χ0) is 15.6. The van der Waals surface area contributed by atoms with E-state index in [9.17, 15) is 13.2 Å². The Morgan fingerprint density at radius 2 is 2.14 bits per heavy atom. The van der Waals surface area contributed by atoms with Crippen LogP contribution in [0.1, 0.15) is 23.4 Å². The van der Waals surface area contributed by atoms with Crippen molar-refractivity contribution in [2.24, 2.45) is 5.92 Å². The molecule has 2 heterocycles. The van der Waals surface area contributed by atoms with Crippen molar-refractivity contribution in [3.63, 3.8) is 0 Å². The summed E-state index contributed by atoms with van der Waals surface area (Å²) in [4.78, 5) is 15.9. The molecule has 1 N–H and O–H groups in total. The summed E-state index contributed by atoms with van der Waals surface area (Å²) >= 11 is 1.43. The minimum absolute atomic E-state index is 0.255. The molecule has 1 fully saturated rings. The van der Waals surface area contributed by atoms with Crippen molar-refractivity contribution in [1.82, 2.24) is 13.6 Å². The Labute approximate surface area is 128 Å². The van der Waals surface area contributed by atoms with Gasteiger partial charge in [-0.2, -0.15) is 17.0 Å². The molecule has 1 aliphatic heterocycles. The first-order valence-electron chi connectivity index (χ1n) is 6.65. The van der Waals surface area contributed by atoms with Crippen molar-refractivity contribution in [1.29, 1.82) is 0 Å². The summed E-state index contributed by atoms with van der Waals surface area (Å²) < 4.78 is 27.6. The number of rotatable bonds is 5. The normalized spacial score (nSPS) is 18.2. The van der Waals surface area contributed by atoms with Crippen LogP contribution in [-0.2, 0) is 21.5 Å². The molecule has 0 aromatic carbocycles. The quantitative estimate of drug-likeness (QED) is 0.865. The van der Waals surface area contributed by atoms with E-state index in [0.717, 1.165) is 10.6 Å². The van der Waals surface area contributed by atoms with Crippen LogP contribution in [-0.4, -0.2) is 53.2 Å². The maximum atomic E-state index is 12.5. The summed E-state index contributed by atoms with van der Waals surface area (Å²) in [7, 11) is -2.01. The number of hydrogen-bond acceptors (Lipinski definition) is 5. The minimum atomic E-state index is -3.55. The Bertz CT molecular complexity index is 606. The second kappa shape index (κ2) is 6.39. The SMILES string of the molecule is Cc1ncsc1CN(C)S(=O)(=O)N1CCC(C(=O)O)CC1. The number of hydrogen-bond donors (Lipinski definition) is 1. The number of aliphatic carboxylic acids is 1. The third kappa shape index (κ3) is 3.60. The standard InChI is InChI=1S/C12H19N3O4S2/c1-9-11(20-8-13-9)7-14(2)21(18,19)15-5-3-10(4-6-15)12(16)17/h8,10H,3-7H2,1-2H3,(H,16,17). The highest BCUT2D eigenvalue weighted by atomic mass is 32.2. The first kappa shape index (κ1) is 16.3. The van der Waals surface area contributed by atoms with Crippen molar-refractivity contribution in [3.05, 3.63) is 16.1 Å². The van der Waals surface area contributed by atoms with Gasteiger partial charge in [-0.05, 0) is 19.8 Å². The van der Waals surface area contributed by atoms with Gasteiger partial charge >= 0.3 is 5.97 Å². The fraction of sp³-hybridized carbons (Fsp3) is 0.667. The number of carbonyl (C=O) groups is 1. The number of piperidine rings is 1. The number of aromatic nitrogens is 1. The zero-order valence-corrected chi connectivity index (χ0v) is 13.7. The van der Waals surface area contributed by atoms with E-state index in [4.69, 9.17) is 5.11 Å². The van der Waals surface area contributed by atoms with Gasteiger partial charge in [0, 0.05) is 25.0 Å². The Balaban J connectivity index is 2.01. The van der Waals surface area contributed by atoms with Gasteiger partial charge in [0.2, 0.25) is 0 Å². The molecule has 0 unspecified atom stereocenters. The average Bonchev–Trinajstić information content (AvgIpc) is 2.84. The molecule has 21 heavy (non-hydrogen) atoms. The zero-order valence-electron chi connectivity index (χ0n) is 12.0. The molecular weight excluding hydrogens is 314 g/mol. The van der Waals surface area contributed by atoms with Crippen molar-refractivity contribution >= 4 is 27.5 Å². The fourth-order valence-electron chi connectivity index (χ4n) is 2.29. The van der Waals surface area contributed by atoms with E-state index in [0.29, 0.717) is 12.8 Å². The van der Waals surface area contributed by atoms with Crippen LogP contribution < -0.4 is 0 Å². The van der Waals surface area contributed by atoms with Gasteiger partial charge < -0.3 is 5.11 Å². The number of thiazole rings is 1. The summed E-state index contributed by atoms with van der Waals surface area (Å²) in [5.74, 6) is -1.29. The molecule has 0 radical (unpaired) electrons. The average molecular weight is 333 g/mol. The Hall–Kier alpha value is -1.03. The summed E-state index contributed by atoms with van der Waals surface area (Å²) in [5.41, 5.74) is 2.54. The smallest absolute Gasteiger partial charge is 0.306 e. The lowest BCUT2D eigenvalue weighted by Crippen LogP contribution is -2.46. The van der Waals surface area contributed by atoms with Crippen LogP contribution in [0.15, 0.2) is 5.51 Å². The predicted octanol–water partition coefficient (Wildman–Crippen LogP) is 0.925. The first-order valence-corrected chi connectivity index (χ1v) is 8.93. The Kier molecular flexibility index (Phi) is 4.97. The van der Waals surface area contributed by atoms with Gasteiger partial charge in [0.05, 0.1) is 23.7 Å². The van der Waals surface area contributed by atoms with E-state index in [1.54, 1.807) is 5.51 Å². The van der Waals surface area contributed by atoms with E-state index in [2.05, 4.69) is 4.98 Å². The predicted molar refractivity (Wildman–Crippen MR) is 79.2 cm³/mol. The lowest BCUT2D eigenvalue weighted by Gasteiger charge is -2.32. The van der Waals surface area contributed by atoms with E-state index < -0.39 is 22.1 Å². The van der Waals surface area contributed by atoms with E-state index in [1.165, 1.54) is 27.0 Å². The summed E-state index contributed by atoms with van der Waals surface area (Å²) in [6.07, 6.45) is 0.726. The van der Waals surface area contributed by atoms with Gasteiger partial charge in [0.15, 0.2) is 0 Å². The Morgan fingerprint density at radius 1 is 1.52 bits per heavy atom. The number of carboxylic acid groups (broad SMARTS) is 1. The van der Waals surface area contributed by atoms with Crippen LogP contribution in [0.5, 0.6) is 0 Å². The third-order valence-corrected chi connectivity index (χ3v) is 6.59. The summed E-state index contributed by atoms with van der Waals surface area (Å²) in [6, 6.07) is 0. The first-order chi connectivity index (χ1) is 9.82. The fourth-order valence-corrected chi connectivity index (χ4v) is 4.56. The molecule has 7 nitrogen and oxygen atoms in total. The summed E-state index contributed by atoms with van der Waals surface area (Å²) in [6.45, 7) is 2.65. The van der Waals surface area contributed by atoms with Crippen LogP contribution >= 0.6 is 11.3 Å². The molecule has 2 rings (SSSR count). The second-order valence-corrected chi connectivity index (χ2v) is 8.11. The van der Waals surface area contributed by atoms with Gasteiger partial charge in [-0.1, -0.05) is 0 Å². The number of carboxylic acids is 1. The van der Waals surface area contributed by atoms with E-state index in [-0.39, 0.29) is 19.6 Å². The van der Waals surface area contributed by atoms with Crippen LogP contribution in [0.2, 0.25) is 0 Å². The lowest BCUT2D eigenvalue weighted by atomic mass is 9.99. The topological polar surface area (TPSA) is 90.8 Å². The third-order valence-electron chi connectivity index (χ3n) is 3.73. The molecule has 1 saturated heterocycles. The van der Waals surface area contributed by atoms with Crippen molar-refractivity contribution in [2.45, 2.75) is 26.3 Å². The van der Waals surface area contributed by atoms with Crippen molar-refractivity contribution in [3.8, 4) is 0 Å². The Morgan fingerprint density at radius 3 is 2.62 bits per heavy atom. The van der Waals surface area contributed by atoms with Gasteiger partial charge in [-0.15, -0.1) is 11.3 Å². The van der Waals surface area contributed by atoms with Crippen LogP contribution in [0, 0.1) is 12.8 Å².